The van der Waals surface area contributed by atoms with Gasteiger partial charge in [0.15, 0.2) is 5.82 Å². The summed E-state index contributed by atoms with van der Waals surface area (Å²) in [6.07, 6.45) is -3.14. The molecule has 4 heterocycles. The first-order valence-corrected chi connectivity index (χ1v) is 11.9. The van der Waals surface area contributed by atoms with Crippen LogP contribution >= 0.6 is 0 Å². The van der Waals surface area contributed by atoms with Gasteiger partial charge in [-0.05, 0) is 55.3 Å². The summed E-state index contributed by atoms with van der Waals surface area (Å²) in [5.41, 5.74) is 4.11. The molecule has 3 aromatic rings. The van der Waals surface area contributed by atoms with Crippen LogP contribution in [0, 0.1) is 0 Å². The molecular weight excluding hydrogens is 473 g/mol. The van der Waals surface area contributed by atoms with E-state index >= 15 is 0 Å². The van der Waals surface area contributed by atoms with Crippen molar-refractivity contribution in [2.24, 2.45) is 0 Å². The van der Waals surface area contributed by atoms with Gasteiger partial charge < -0.3 is 14.6 Å². The van der Waals surface area contributed by atoms with E-state index in [4.69, 9.17) is 4.74 Å². The van der Waals surface area contributed by atoms with Crippen LogP contribution in [0.2, 0.25) is 0 Å². The molecule has 8 nitrogen and oxygen atoms in total. The maximum Gasteiger partial charge on any atom is 0.391 e. The predicted octanol–water partition coefficient (Wildman–Crippen LogP) is 4.24. The molecular formula is C25H27F3N6O2. The van der Waals surface area contributed by atoms with E-state index in [1.165, 1.54) is 17.8 Å². The SMILES string of the molecule is CNCc1cc([C@@H]2CCOC2)cc2c1CN(c1cccc(-c3nncn3[C@@H](C)CC(F)(F)F)n1)C2=O. The van der Waals surface area contributed by atoms with Gasteiger partial charge in [0.05, 0.1) is 19.6 Å². The Kier molecular flexibility index (Phi) is 6.52. The van der Waals surface area contributed by atoms with E-state index in [0.29, 0.717) is 43.4 Å². The van der Waals surface area contributed by atoms with Crippen molar-refractivity contribution in [3.8, 4) is 11.5 Å². The predicted molar refractivity (Wildman–Crippen MR) is 127 cm³/mol. The van der Waals surface area contributed by atoms with Crippen LogP contribution in [0.1, 0.15) is 58.8 Å². The number of aromatic nitrogens is 4. The van der Waals surface area contributed by atoms with Crippen LogP contribution in [0.3, 0.4) is 0 Å². The van der Waals surface area contributed by atoms with Gasteiger partial charge >= 0.3 is 6.18 Å². The van der Waals surface area contributed by atoms with Crippen molar-refractivity contribution in [1.29, 1.82) is 0 Å². The van der Waals surface area contributed by atoms with Crippen molar-refractivity contribution in [2.75, 3.05) is 25.2 Å². The molecule has 36 heavy (non-hydrogen) atoms. The van der Waals surface area contributed by atoms with Crippen LogP contribution in [-0.2, 0) is 17.8 Å². The Bertz CT molecular complexity index is 1270. The van der Waals surface area contributed by atoms with E-state index in [1.54, 1.807) is 23.1 Å². The second kappa shape index (κ2) is 9.62. The Morgan fingerprint density at radius 3 is 2.83 bits per heavy atom. The zero-order chi connectivity index (χ0) is 25.4. The van der Waals surface area contributed by atoms with E-state index in [0.717, 1.165) is 23.1 Å². The Hall–Kier alpha value is -3.31. The first-order valence-electron chi connectivity index (χ1n) is 11.9. The van der Waals surface area contributed by atoms with E-state index < -0.39 is 18.6 Å². The molecule has 190 valence electrons. The van der Waals surface area contributed by atoms with E-state index in [-0.39, 0.29) is 17.6 Å². The molecule has 0 radical (unpaired) electrons. The number of alkyl halides is 3. The molecule has 2 aromatic heterocycles. The van der Waals surface area contributed by atoms with Crippen molar-refractivity contribution in [3.63, 3.8) is 0 Å². The summed E-state index contributed by atoms with van der Waals surface area (Å²) in [6.45, 7) is 3.80. The van der Waals surface area contributed by atoms with Crippen LogP contribution in [0.4, 0.5) is 19.0 Å². The standard InChI is InChI=1S/C25H27F3N6O2/c1-15(10-25(26,27)28)34-14-30-32-23(34)21-4-3-5-22(31-21)33-12-20-18(11-29-2)8-17(9-19(20)24(33)35)16-6-7-36-13-16/h3-5,8-9,14-16,29H,6-7,10-13H2,1-2H3/t15-,16+/m0/s1. The number of nitrogens with zero attached hydrogens (tertiary/aromatic N) is 5. The first-order chi connectivity index (χ1) is 17.2. The molecule has 1 saturated heterocycles. The number of hydrogen-bond acceptors (Lipinski definition) is 6. The topological polar surface area (TPSA) is 85.2 Å². The number of hydrogen-bond donors (Lipinski definition) is 1. The highest BCUT2D eigenvalue weighted by molar-refractivity contribution is 6.10. The van der Waals surface area contributed by atoms with Gasteiger partial charge in [0.2, 0.25) is 0 Å². The molecule has 2 aliphatic heterocycles. The summed E-state index contributed by atoms with van der Waals surface area (Å²) in [5.74, 6) is 0.740. The van der Waals surface area contributed by atoms with Gasteiger partial charge in [-0.25, -0.2) is 4.98 Å². The largest absolute Gasteiger partial charge is 0.391 e. The Balaban J connectivity index is 1.46. The van der Waals surface area contributed by atoms with Gasteiger partial charge in [-0.15, -0.1) is 10.2 Å². The maximum atomic E-state index is 13.5. The summed E-state index contributed by atoms with van der Waals surface area (Å²) in [4.78, 5) is 19.7. The van der Waals surface area contributed by atoms with Crippen LogP contribution in [0.25, 0.3) is 11.5 Å². The molecule has 0 spiro atoms. The quantitative estimate of drug-likeness (QED) is 0.523. The normalized spacial score (nSPS) is 18.6. The minimum absolute atomic E-state index is 0.153. The number of carbonyl (C=O) groups is 1. The molecule has 2 aliphatic rings. The second-order valence-corrected chi connectivity index (χ2v) is 9.30. The number of nitrogens with one attached hydrogen (secondary N) is 1. The number of anilines is 1. The third kappa shape index (κ3) is 4.72. The van der Waals surface area contributed by atoms with Crippen molar-refractivity contribution < 1.29 is 22.7 Å². The zero-order valence-corrected chi connectivity index (χ0v) is 20.0. The maximum absolute atomic E-state index is 13.5. The number of amides is 1. The summed E-state index contributed by atoms with van der Waals surface area (Å²) >= 11 is 0. The summed E-state index contributed by atoms with van der Waals surface area (Å²) in [6, 6.07) is 8.31. The zero-order valence-electron chi connectivity index (χ0n) is 20.0. The van der Waals surface area contributed by atoms with Crippen LogP contribution in [-0.4, -0.2) is 52.1 Å². The summed E-state index contributed by atoms with van der Waals surface area (Å²) < 4.78 is 45.8. The highest BCUT2D eigenvalue weighted by Gasteiger charge is 2.34. The fourth-order valence-corrected chi connectivity index (χ4v) is 4.96. The molecule has 1 fully saturated rings. The number of benzene rings is 1. The fourth-order valence-electron chi connectivity index (χ4n) is 4.96. The van der Waals surface area contributed by atoms with Crippen molar-refractivity contribution in [3.05, 3.63) is 58.9 Å². The average molecular weight is 501 g/mol. The molecule has 1 N–H and O–H groups in total. The lowest BCUT2D eigenvalue weighted by atomic mass is 9.91. The smallest absolute Gasteiger partial charge is 0.381 e. The third-order valence-electron chi connectivity index (χ3n) is 6.74. The molecule has 0 unspecified atom stereocenters. The van der Waals surface area contributed by atoms with Gasteiger partial charge in [0.1, 0.15) is 17.8 Å². The van der Waals surface area contributed by atoms with E-state index in [1.807, 2.05) is 13.1 Å². The molecule has 1 amide bonds. The number of ether oxygens (including phenoxy) is 1. The van der Waals surface area contributed by atoms with Crippen molar-refractivity contribution in [2.45, 2.75) is 51.0 Å². The Morgan fingerprint density at radius 2 is 2.11 bits per heavy atom. The van der Waals surface area contributed by atoms with Crippen molar-refractivity contribution >= 4 is 11.7 Å². The number of pyridine rings is 1. The lowest BCUT2D eigenvalue weighted by Crippen LogP contribution is -2.24. The van der Waals surface area contributed by atoms with E-state index in [2.05, 4.69) is 26.6 Å². The minimum atomic E-state index is -4.32. The van der Waals surface area contributed by atoms with E-state index in [9.17, 15) is 18.0 Å². The highest BCUT2D eigenvalue weighted by atomic mass is 19.4. The van der Waals surface area contributed by atoms with Crippen LogP contribution in [0.15, 0.2) is 36.7 Å². The second-order valence-electron chi connectivity index (χ2n) is 9.30. The average Bonchev–Trinajstić information content (AvgIpc) is 3.59. The number of carbonyl (C=O) groups excluding carboxylic acids is 1. The molecule has 2 atom stereocenters. The van der Waals surface area contributed by atoms with Gasteiger partial charge in [-0.3, -0.25) is 9.69 Å². The lowest BCUT2D eigenvalue weighted by molar-refractivity contribution is -0.141. The van der Waals surface area contributed by atoms with Gasteiger partial charge in [-0.2, -0.15) is 13.2 Å². The number of halogens is 3. The lowest BCUT2D eigenvalue weighted by Gasteiger charge is -2.18. The monoisotopic (exact) mass is 500 g/mol. The molecule has 0 saturated carbocycles. The Morgan fingerprint density at radius 1 is 1.28 bits per heavy atom. The number of fused-ring (bicyclic) bond motifs is 1. The molecule has 5 rings (SSSR count). The fraction of sp³-hybridized carbons (Fsp3) is 0.440. The van der Waals surface area contributed by atoms with Gasteiger partial charge in [-0.1, -0.05) is 12.1 Å². The van der Waals surface area contributed by atoms with Gasteiger partial charge in [0.25, 0.3) is 5.91 Å². The molecule has 0 aliphatic carbocycles. The molecule has 0 bridgehead atoms. The Labute approximate surface area is 206 Å². The highest BCUT2D eigenvalue weighted by Crippen LogP contribution is 2.36. The first kappa shape index (κ1) is 24.4. The van der Waals surface area contributed by atoms with Crippen LogP contribution < -0.4 is 10.2 Å². The van der Waals surface area contributed by atoms with Crippen LogP contribution in [0.5, 0.6) is 0 Å². The summed E-state index contributed by atoms with van der Waals surface area (Å²) in [5, 5.41) is 11.0. The molecule has 1 aromatic carbocycles. The van der Waals surface area contributed by atoms with Gasteiger partial charge in [0, 0.05) is 30.7 Å². The minimum Gasteiger partial charge on any atom is -0.381 e. The summed E-state index contributed by atoms with van der Waals surface area (Å²) in [7, 11) is 1.87. The van der Waals surface area contributed by atoms with Crippen molar-refractivity contribution in [1.82, 2.24) is 25.1 Å². The molecule has 11 heteroatoms. The number of rotatable bonds is 7. The third-order valence-corrected chi connectivity index (χ3v) is 6.74.